The second kappa shape index (κ2) is 20.8. The molecule has 0 aliphatic carbocycles. The number of benzene rings is 5. The summed E-state index contributed by atoms with van der Waals surface area (Å²) in [4.78, 5) is 69.8. The largest absolute Gasteiger partial charge is 0.448 e. The van der Waals surface area contributed by atoms with Crippen molar-refractivity contribution in [2.45, 2.75) is 49.5 Å². The first kappa shape index (κ1) is 47.3. The highest BCUT2D eigenvalue weighted by Gasteiger charge is 2.55. The average molecular weight is 966 g/mol. The number of esters is 1. The molecule has 8 rings (SSSR count). The lowest BCUT2D eigenvalue weighted by Gasteiger charge is -2.49. The van der Waals surface area contributed by atoms with Crippen molar-refractivity contribution in [1.82, 2.24) is 15.2 Å². The third kappa shape index (κ3) is 10.5. The number of carbonyl (C=O) groups is 4. The molecule has 5 aromatic carbocycles. The molecule has 2 aliphatic rings. The lowest BCUT2D eigenvalue weighted by atomic mass is 9.80. The fourth-order valence-corrected chi connectivity index (χ4v) is 10.7. The van der Waals surface area contributed by atoms with Crippen molar-refractivity contribution >= 4 is 75.4 Å². The number of thioether (sulfide) groups is 2. The Bertz CT molecular complexity index is 2710. The van der Waals surface area contributed by atoms with Crippen LogP contribution in [0.15, 0.2) is 173 Å². The number of amidine groups is 1. The summed E-state index contributed by atoms with van der Waals surface area (Å²) in [6.07, 6.45) is -1.55. The maximum absolute atomic E-state index is 14.8. The predicted molar refractivity (Wildman–Crippen MR) is 266 cm³/mol. The van der Waals surface area contributed by atoms with Crippen LogP contribution in [0.1, 0.15) is 60.4 Å². The topological polar surface area (TPSA) is 198 Å². The Morgan fingerprint density at radius 1 is 0.838 bits per heavy atom. The van der Waals surface area contributed by atoms with Gasteiger partial charge >= 0.3 is 12.1 Å². The molecule has 5 N–H and O–H groups in total. The maximum Gasteiger partial charge on any atom is 0.413 e. The van der Waals surface area contributed by atoms with Crippen LogP contribution in [0.2, 0.25) is 0 Å². The Balaban J connectivity index is 1.14. The molecule has 14 nitrogen and oxygen atoms in total. The van der Waals surface area contributed by atoms with Crippen LogP contribution in [0.5, 0.6) is 0 Å². The first-order valence-electron chi connectivity index (χ1n) is 21.5. The number of rotatable bonds is 16. The lowest BCUT2D eigenvalue weighted by Crippen LogP contribution is -2.71. The number of hydrogen-bond acceptors (Lipinski definition) is 13. The molecule has 6 aromatic rings. The van der Waals surface area contributed by atoms with Gasteiger partial charge in [-0.1, -0.05) is 157 Å². The fraction of sp³-hybridized carbons (Fsp3) is 0.196. The second-order valence-corrected chi connectivity index (χ2v) is 19.6. The van der Waals surface area contributed by atoms with Gasteiger partial charge in [-0.25, -0.2) is 14.6 Å². The second-order valence-electron chi connectivity index (χ2n) is 16.5. The van der Waals surface area contributed by atoms with Crippen molar-refractivity contribution in [2.24, 2.45) is 10.9 Å². The molecule has 1 aromatic heterocycles. The van der Waals surface area contributed by atoms with Gasteiger partial charge in [-0.2, -0.15) is 0 Å². The van der Waals surface area contributed by atoms with Gasteiger partial charge in [0.2, 0.25) is 5.60 Å². The van der Waals surface area contributed by atoms with E-state index in [1.165, 1.54) is 28.4 Å². The monoisotopic (exact) mass is 965 g/mol. The van der Waals surface area contributed by atoms with E-state index in [4.69, 9.17) is 25.5 Å². The standard InChI is InChI=1S/C51H47N7O7S3/c1-50(2,3)64-49(62)56-48-54-37(29-68-48)40(57-65-51(34-23-13-6-14-24-34,35-25-15-7-16-26-35)36-27-17-8-18-28-36)44(59)55-41-45(60)58-42(38(30-67-46(41)58)66-31-39(52)53)47(61)63-43(32-19-9-4-10-20-32)33-21-11-5-12-22-33/h4-29,41,43,46H,30-31H2,1-3H3,(H3,52,53)(H,55,59)(H,54,56,62)/b57-40-/t41?,46-/m1/s1. The molecule has 17 heteroatoms. The van der Waals surface area contributed by atoms with E-state index < -0.39 is 52.6 Å². The number of anilines is 1. The fourth-order valence-electron chi connectivity index (χ4n) is 7.64. The minimum atomic E-state index is -1.39. The van der Waals surface area contributed by atoms with Gasteiger partial charge in [0.1, 0.15) is 34.2 Å². The normalized spacial score (nSPS) is 16.0. The molecule has 0 saturated carbocycles. The van der Waals surface area contributed by atoms with Crippen LogP contribution in [0.3, 0.4) is 0 Å². The molecule has 1 unspecified atom stereocenters. The highest BCUT2D eigenvalue weighted by atomic mass is 32.2. The zero-order valence-electron chi connectivity index (χ0n) is 37.2. The summed E-state index contributed by atoms with van der Waals surface area (Å²) in [5, 5.41) is 19.0. The zero-order valence-corrected chi connectivity index (χ0v) is 39.6. The van der Waals surface area contributed by atoms with Gasteiger partial charge in [0.05, 0.1) is 5.75 Å². The zero-order chi connectivity index (χ0) is 47.8. The highest BCUT2D eigenvalue weighted by molar-refractivity contribution is 8.06. The Morgan fingerprint density at radius 2 is 1.35 bits per heavy atom. The number of ether oxygens (including phenoxy) is 2. The first-order valence-corrected chi connectivity index (χ1v) is 24.4. The summed E-state index contributed by atoms with van der Waals surface area (Å²) in [6.45, 7) is 5.20. The van der Waals surface area contributed by atoms with Crippen LogP contribution in [-0.2, 0) is 34.3 Å². The summed E-state index contributed by atoms with van der Waals surface area (Å²) < 4.78 is 11.7. The number of hydrogen-bond donors (Lipinski definition) is 4. The molecule has 3 amide bonds. The number of nitrogens with zero attached hydrogens (tertiary/aromatic N) is 3. The van der Waals surface area contributed by atoms with Crippen molar-refractivity contribution < 1.29 is 33.5 Å². The van der Waals surface area contributed by atoms with Gasteiger partial charge in [0.25, 0.3) is 11.8 Å². The molecular weight excluding hydrogens is 919 g/mol. The number of nitrogens with one attached hydrogen (secondary N) is 3. The molecule has 3 heterocycles. The molecule has 68 heavy (non-hydrogen) atoms. The van der Waals surface area contributed by atoms with Crippen molar-refractivity contribution in [3.05, 3.63) is 201 Å². The van der Waals surface area contributed by atoms with Crippen molar-refractivity contribution in [3.63, 3.8) is 0 Å². The van der Waals surface area contributed by atoms with Crippen LogP contribution in [-0.4, -0.2) is 73.8 Å². The number of fused-ring (bicyclic) bond motifs is 1. The van der Waals surface area contributed by atoms with Gasteiger partial charge in [-0.05, 0) is 31.9 Å². The summed E-state index contributed by atoms with van der Waals surface area (Å²) >= 11 is 3.55. The minimum absolute atomic E-state index is 0.0142. The van der Waals surface area contributed by atoms with Crippen LogP contribution in [0.25, 0.3) is 0 Å². The highest BCUT2D eigenvalue weighted by Crippen LogP contribution is 2.45. The van der Waals surface area contributed by atoms with Gasteiger partial charge in [-0.15, -0.1) is 34.9 Å². The molecule has 1 saturated heterocycles. The molecule has 0 bridgehead atoms. The van der Waals surface area contributed by atoms with Crippen molar-refractivity contribution in [1.29, 1.82) is 5.41 Å². The van der Waals surface area contributed by atoms with Gasteiger partial charge in [0.15, 0.2) is 16.9 Å². The number of aromatic nitrogens is 1. The third-order valence-electron chi connectivity index (χ3n) is 10.6. The number of amides is 3. The molecule has 2 aliphatic heterocycles. The predicted octanol–water partition coefficient (Wildman–Crippen LogP) is 8.82. The maximum atomic E-state index is 14.8. The molecule has 2 atom stereocenters. The minimum Gasteiger partial charge on any atom is -0.448 e. The number of thiazole rings is 1. The van der Waals surface area contributed by atoms with E-state index in [2.05, 4.69) is 20.8 Å². The van der Waals surface area contributed by atoms with Gasteiger partial charge in [0, 0.05) is 32.7 Å². The summed E-state index contributed by atoms with van der Waals surface area (Å²) in [5.41, 5.74) is 6.92. The van der Waals surface area contributed by atoms with Crippen LogP contribution in [0, 0.1) is 5.41 Å². The average Bonchev–Trinajstić information content (AvgIpc) is 3.80. The van der Waals surface area contributed by atoms with E-state index >= 15 is 0 Å². The van der Waals surface area contributed by atoms with Crippen LogP contribution in [0.4, 0.5) is 9.93 Å². The number of nitrogens with two attached hydrogens (primary N) is 1. The van der Waals surface area contributed by atoms with Gasteiger partial charge in [-0.3, -0.25) is 25.2 Å². The van der Waals surface area contributed by atoms with E-state index in [1.54, 1.807) is 26.2 Å². The van der Waals surface area contributed by atoms with Crippen LogP contribution >= 0.6 is 34.9 Å². The number of oxime groups is 1. The first-order chi connectivity index (χ1) is 32.8. The van der Waals surface area contributed by atoms with E-state index in [0.29, 0.717) is 21.6 Å². The molecular formula is C51H47N7O7S3. The Kier molecular flexibility index (Phi) is 14.4. The Hall–Kier alpha value is -7.21. The quantitative estimate of drug-likeness (QED) is 0.0181. The van der Waals surface area contributed by atoms with Crippen LogP contribution < -0.4 is 16.4 Å². The van der Waals surface area contributed by atoms with E-state index in [0.717, 1.165) is 22.5 Å². The Morgan fingerprint density at radius 3 is 1.85 bits per heavy atom. The van der Waals surface area contributed by atoms with Gasteiger partial charge < -0.3 is 25.4 Å². The van der Waals surface area contributed by atoms with E-state index in [1.807, 2.05) is 152 Å². The SMILES string of the molecule is CC(C)(C)OC(=O)Nc1nc(/C(=N/OC(c2ccccc2)(c2ccccc2)c2ccccc2)C(=O)NC2C(=O)N3C(C(=O)OC(c4ccccc4)c4ccccc4)=C(SCC(=N)N)CS[C@H]23)cs1. The molecule has 1 fully saturated rings. The molecule has 0 radical (unpaired) electrons. The third-order valence-corrected chi connectivity index (χ3v) is 14.0. The van der Waals surface area contributed by atoms with E-state index in [9.17, 15) is 19.2 Å². The smallest absolute Gasteiger partial charge is 0.413 e. The van der Waals surface area contributed by atoms with Crippen molar-refractivity contribution in [3.8, 4) is 0 Å². The van der Waals surface area contributed by atoms with Crippen molar-refractivity contribution in [2.75, 3.05) is 16.8 Å². The number of carbonyl (C=O) groups excluding carboxylic acids is 4. The number of β-lactam (4-membered cyclic amide) rings is 1. The Labute approximate surface area is 405 Å². The van der Waals surface area contributed by atoms with E-state index in [-0.39, 0.29) is 39.6 Å². The summed E-state index contributed by atoms with van der Waals surface area (Å²) in [6, 6.07) is 45.8. The molecule has 0 spiro atoms. The molecule has 346 valence electrons. The summed E-state index contributed by atoms with van der Waals surface area (Å²) in [5.74, 6) is -1.90. The summed E-state index contributed by atoms with van der Waals surface area (Å²) in [7, 11) is 0. The lowest BCUT2D eigenvalue weighted by molar-refractivity contribution is -0.154.